The van der Waals surface area contributed by atoms with E-state index in [2.05, 4.69) is 20.4 Å². The van der Waals surface area contributed by atoms with Gasteiger partial charge < -0.3 is 14.7 Å². The second-order valence-corrected chi connectivity index (χ2v) is 7.14. The minimum absolute atomic E-state index is 0.390. The van der Waals surface area contributed by atoms with E-state index in [0.29, 0.717) is 27.9 Å². The lowest BCUT2D eigenvalue weighted by atomic mass is 10.1. The molecule has 23 heavy (non-hydrogen) atoms. The summed E-state index contributed by atoms with van der Waals surface area (Å²) >= 11 is 12.0. The fourth-order valence-corrected chi connectivity index (χ4v) is 3.63. The highest BCUT2D eigenvalue weighted by atomic mass is 35.5. The number of halogens is 2. The fourth-order valence-electron chi connectivity index (χ4n) is 3.11. The molecule has 2 heterocycles. The van der Waals surface area contributed by atoms with E-state index >= 15 is 0 Å². The molecule has 4 rings (SSSR count). The van der Waals surface area contributed by atoms with Gasteiger partial charge in [-0.1, -0.05) is 28.4 Å². The monoisotopic (exact) mass is 352 g/mol. The van der Waals surface area contributed by atoms with Crippen molar-refractivity contribution in [2.24, 2.45) is 0 Å². The van der Waals surface area contributed by atoms with Crippen LogP contribution in [0, 0.1) is 0 Å². The summed E-state index contributed by atoms with van der Waals surface area (Å²) in [4.78, 5) is 6.99. The highest BCUT2D eigenvalue weighted by Crippen LogP contribution is 2.30. The van der Waals surface area contributed by atoms with Crippen molar-refractivity contribution in [3.63, 3.8) is 0 Å². The topological polar surface area (TPSA) is 54.2 Å². The van der Waals surface area contributed by atoms with Crippen LogP contribution >= 0.6 is 23.2 Å². The van der Waals surface area contributed by atoms with E-state index in [1.54, 1.807) is 18.2 Å². The van der Waals surface area contributed by atoms with E-state index in [9.17, 15) is 0 Å². The molecule has 1 aromatic heterocycles. The number of piperidine rings is 1. The lowest BCUT2D eigenvalue weighted by Gasteiger charge is -2.31. The van der Waals surface area contributed by atoms with Crippen LogP contribution in [-0.4, -0.2) is 40.2 Å². The SMILES string of the molecule is Clc1cc(Cl)cc(-c2noc(NC3CCN(C4CC4)CC3)n2)c1. The molecule has 0 unspecified atom stereocenters. The molecular weight excluding hydrogens is 335 g/mol. The maximum atomic E-state index is 6.02. The van der Waals surface area contributed by atoms with E-state index in [1.807, 2.05) is 0 Å². The van der Waals surface area contributed by atoms with Gasteiger partial charge in [-0.3, -0.25) is 0 Å². The first-order valence-electron chi connectivity index (χ1n) is 7.98. The van der Waals surface area contributed by atoms with Gasteiger partial charge >= 0.3 is 6.01 Å². The van der Waals surface area contributed by atoms with Crippen molar-refractivity contribution in [2.45, 2.75) is 37.8 Å². The predicted octanol–water partition coefficient (Wildman–Crippen LogP) is 4.08. The van der Waals surface area contributed by atoms with Crippen LogP contribution < -0.4 is 5.32 Å². The number of nitrogens with zero attached hydrogens (tertiary/aromatic N) is 3. The Kier molecular flexibility index (Phi) is 4.18. The molecule has 2 aromatic rings. The minimum atomic E-state index is 0.390. The van der Waals surface area contributed by atoms with Crippen LogP contribution in [-0.2, 0) is 0 Å². The summed E-state index contributed by atoms with van der Waals surface area (Å²) in [6, 6.07) is 6.92. The summed E-state index contributed by atoms with van der Waals surface area (Å²) in [7, 11) is 0. The maximum Gasteiger partial charge on any atom is 0.322 e. The molecule has 1 saturated heterocycles. The number of anilines is 1. The first kappa shape index (κ1) is 15.2. The van der Waals surface area contributed by atoms with Crippen molar-refractivity contribution in [1.82, 2.24) is 15.0 Å². The highest BCUT2D eigenvalue weighted by Gasteiger charge is 2.32. The molecular formula is C16H18Cl2N4O. The molecule has 0 bridgehead atoms. The molecule has 1 saturated carbocycles. The van der Waals surface area contributed by atoms with Gasteiger partial charge in [-0.2, -0.15) is 4.98 Å². The van der Waals surface area contributed by atoms with Gasteiger partial charge in [0.25, 0.3) is 0 Å². The lowest BCUT2D eigenvalue weighted by Crippen LogP contribution is -2.40. The standard InChI is InChI=1S/C16H18Cl2N4O/c17-11-7-10(8-12(18)9-11)15-20-16(23-21-15)19-13-3-5-22(6-4-13)14-1-2-14/h7-9,13-14H,1-6H2,(H,19,20,21). The minimum Gasteiger partial charge on any atom is -0.335 e. The van der Waals surface area contributed by atoms with E-state index in [-0.39, 0.29) is 0 Å². The first-order valence-corrected chi connectivity index (χ1v) is 8.74. The summed E-state index contributed by atoms with van der Waals surface area (Å²) in [5.41, 5.74) is 0.753. The molecule has 1 aliphatic carbocycles. The second-order valence-electron chi connectivity index (χ2n) is 6.27. The molecule has 0 atom stereocenters. The number of hydrogen-bond donors (Lipinski definition) is 1. The third kappa shape index (κ3) is 3.62. The van der Waals surface area contributed by atoms with Gasteiger partial charge in [0, 0.05) is 40.8 Å². The fraction of sp³-hybridized carbons (Fsp3) is 0.500. The molecule has 1 aliphatic heterocycles. The average Bonchev–Trinajstić information content (AvgIpc) is 3.27. The Hall–Kier alpha value is -1.30. The quantitative estimate of drug-likeness (QED) is 0.898. The van der Waals surface area contributed by atoms with Crippen LogP contribution in [0.1, 0.15) is 25.7 Å². The van der Waals surface area contributed by atoms with Crippen molar-refractivity contribution < 1.29 is 4.52 Å². The molecule has 0 amide bonds. The summed E-state index contributed by atoms with van der Waals surface area (Å²) in [5, 5.41) is 8.47. The van der Waals surface area contributed by atoms with Crippen molar-refractivity contribution >= 4 is 29.2 Å². The molecule has 5 nitrogen and oxygen atoms in total. The van der Waals surface area contributed by atoms with Crippen molar-refractivity contribution in [3.05, 3.63) is 28.2 Å². The summed E-state index contributed by atoms with van der Waals surface area (Å²) in [6.07, 6.45) is 4.95. The highest BCUT2D eigenvalue weighted by molar-refractivity contribution is 6.35. The summed E-state index contributed by atoms with van der Waals surface area (Å²) < 4.78 is 5.32. The van der Waals surface area contributed by atoms with E-state index in [4.69, 9.17) is 27.7 Å². The largest absolute Gasteiger partial charge is 0.335 e. The van der Waals surface area contributed by atoms with Crippen LogP contribution in [0.25, 0.3) is 11.4 Å². The molecule has 2 aliphatic rings. The number of benzene rings is 1. The third-order valence-corrected chi connectivity index (χ3v) is 4.90. The first-order chi connectivity index (χ1) is 11.2. The smallest absolute Gasteiger partial charge is 0.322 e. The van der Waals surface area contributed by atoms with Crippen LogP contribution in [0.5, 0.6) is 0 Å². The summed E-state index contributed by atoms with van der Waals surface area (Å²) in [5.74, 6) is 0.493. The van der Waals surface area contributed by atoms with Crippen molar-refractivity contribution in [2.75, 3.05) is 18.4 Å². The Labute approximate surface area is 144 Å². The van der Waals surface area contributed by atoms with Crippen LogP contribution in [0.3, 0.4) is 0 Å². The zero-order valence-electron chi connectivity index (χ0n) is 12.6. The zero-order chi connectivity index (χ0) is 15.8. The summed E-state index contributed by atoms with van der Waals surface area (Å²) in [6.45, 7) is 2.29. The van der Waals surface area contributed by atoms with Crippen LogP contribution in [0.2, 0.25) is 10.0 Å². The molecule has 122 valence electrons. The van der Waals surface area contributed by atoms with Gasteiger partial charge in [0.05, 0.1) is 0 Å². The normalized spacial score (nSPS) is 19.9. The lowest BCUT2D eigenvalue weighted by molar-refractivity contribution is 0.208. The number of likely N-dealkylation sites (tertiary alicyclic amines) is 1. The average molecular weight is 353 g/mol. The Morgan fingerprint density at radius 3 is 2.39 bits per heavy atom. The molecule has 2 fully saturated rings. The van der Waals surface area contributed by atoms with Gasteiger partial charge in [-0.25, -0.2) is 0 Å². The molecule has 7 heteroatoms. The van der Waals surface area contributed by atoms with Gasteiger partial charge in [-0.05, 0) is 43.9 Å². The predicted molar refractivity (Wildman–Crippen MR) is 91.0 cm³/mol. The van der Waals surface area contributed by atoms with Crippen LogP contribution in [0.4, 0.5) is 6.01 Å². The zero-order valence-corrected chi connectivity index (χ0v) is 14.1. The number of nitrogens with one attached hydrogen (secondary N) is 1. The van der Waals surface area contributed by atoms with Crippen molar-refractivity contribution in [3.8, 4) is 11.4 Å². The van der Waals surface area contributed by atoms with Gasteiger partial charge in [0.1, 0.15) is 0 Å². The van der Waals surface area contributed by atoms with Gasteiger partial charge in [0.15, 0.2) is 0 Å². The molecule has 1 aromatic carbocycles. The second kappa shape index (κ2) is 6.30. The Morgan fingerprint density at radius 2 is 1.74 bits per heavy atom. The van der Waals surface area contributed by atoms with E-state index in [1.165, 1.54) is 12.8 Å². The number of aromatic nitrogens is 2. The Balaban J connectivity index is 1.40. The van der Waals surface area contributed by atoms with Gasteiger partial charge in [-0.15, -0.1) is 0 Å². The Bertz CT molecular complexity index is 673. The van der Waals surface area contributed by atoms with Crippen LogP contribution in [0.15, 0.2) is 22.7 Å². The molecule has 0 spiro atoms. The number of hydrogen-bond acceptors (Lipinski definition) is 5. The van der Waals surface area contributed by atoms with E-state index < -0.39 is 0 Å². The third-order valence-electron chi connectivity index (χ3n) is 4.47. The molecule has 0 radical (unpaired) electrons. The molecule has 1 N–H and O–H groups in total. The number of rotatable bonds is 4. The Morgan fingerprint density at radius 1 is 1.04 bits per heavy atom. The maximum absolute atomic E-state index is 6.02. The van der Waals surface area contributed by atoms with E-state index in [0.717, 1.165) is 37.5 Å². The van der Waals surface area contributed by atoms with Gasteiger partial charge in [0.2, 0.25) is 5.82 Å². The van der Waals surface area contributed by atoms with Crippen molar-refractivity contribution in [1.29, 1.82) is 0 Å².